The lowest BCUT2D eigenvalue weighted by Crippen LogP contribution is -2.13. The van der Waals surface area contributed by atoms with Crippen molar-refractivity contribution in [2.24, 2.45) is 0 Å². The van der Waals surface area contributed by atoms with Crippen LogP contribution in [0.2, 0.25) is 0 Å². The summed E-state index contributed by atoms with van der Waals surface area (Å²) in [4.78, 5) is 0.207. The molecular formula is C22H29N3O2S. The molecule has 0 spiro atoms. The predicted octanol–water partition coefficient (Wildman–Crippen LogP) is 6.00. The molecule has 3 N–H and O–H groups in total. The summed E-state index contributed by atoms with van der Waals surface area (Å²) in [5.41, 5.74) is 2.30. The van der Waals surface area contributed by atoms with Gasteiger partial charge in [0.05, 0.1) is 4.90 Å². The molecule has 3 aromatic rings. The zero-order valence-electron chi connectivity index (χ0n) is 15.6. The minimum atomic E-state index is -3.63. The van der Waals surface area contributed by atoms with Gasteiger partial charge in [-0.05, 0) is 61.0 Å². The van der Waals surface area contributed by atoms with Crippen LogP contribution in [-0.4, -0.2) is 8.42 Å². The number of rotatable bonds is 8. The van der Waals surface area contributed by atoms with Crippen molar-refractivity contribution in [1.29, 1.82) is 0 Å². The van der Waals surface area contributed by atoms with E-state index in [4.69, 9.17) is 0 Å². The van der Waals surface area contributed by atoms with Crippen LogP contribution in [0.1, 0.15) is 17.6 Å². The van der Waals surface area contributed by atoms with Crippen molar-refractivity contribution in [1.82, 2.24) is 0 Å². The molecule has 0 saturated heterocycles. The molecule has 3 aromatic carbocycles. The van der Waals surface area contributed by atoms with Crippen LogP contribution in [0.25, 0.3) is 0 Å². The Morgan fingerprint density at radius 3 is 1.82 bits per heavy atom. The smallest absolute Gasteiger partial charge is 0.261 e. The molecule has 0 bridgehead atoms. The molecule has 3 rings (SSSR count). The highest BCUT2D eigenvalue weighted by Gasteiger charge is 2.14. The summed E-state index contributed by atoms with van der Waals surface area (Å²) in [6.07, 6.45) is 2.89. The molecular weight excluding hydrogens is 370 g/mol. The first kappa shape index (κ1) is 19.5. The summed E-state index contributed by atoms with van der Waals surface area (Å²) in [7, 11) is -3.63. The number of allylic oxidation sites excluding steroid dienone is 1. The van der Waals surface area contributed by atoms with Gasteiger partial charge in [0.1, 0.15) is 5.82 Å². The Kier molecular flexibility index (Phi) is 6.34. The number of hydrogen-bond donors (Lipinski definition) is 3. The second kappa shape index (κ2) is 9.10. The first-order valence-electron chi connectivity index (χ1n) is 9.04. The number of sulfonamides is 1. The van der Waals surface area contributed by atoms with Gasteiger partial charge in [0.15, 0.2) is 0 Å². The molecule has 0 aliphatic carbocycles. The van der Waals surface area contributed by atoms with Crippen LogP contribution in [0.3, 0.4) is 0 Å². The Labute approximate surface area is 170 Å². The summed E-state index contributed by atoms with van der Waals surface area (Å²) in [5.74, 6) is 0.840. The summed E-state index contributed by atoms with van der Waals surface area (Å²) in [6.45, 7) is 2.05. The van der Waals surface area contributed by atoms with Gasteiger partial charge in [0.25, 0.3) is 10.0 Å². The van der Waals surface area contributed by atoms with Crippen molar-refractivity contribution in [2.75, 3.05) is 15.4 Å². The van der Waals surface area contributed by atoms with Gasteiger partial charge < -0.3 is 10.6 Å². The minimum Gasteiger partial charge on any atom is -0.342 e. The van der Waals surface area contributed by atoms with E-state index < -0.39 is 10.0 Å². The van der Waals surface area contributed by atoms with Crippen molar-refractivity contribution in [3.8, 4) is 0 Å². The highest BCUT2D eigenvalue weighted by Crippen LogP contribution is 2.19. The van der Waals surface area contributed by atoms with Crippen molar-refractivity contribution in [3.05, 3.63) is 96.8 Å². The average Bonchev–Trinajstić information content (AvgIpc) is 2.70. The summed E-state index contributed by atoms with van der Waals surface area (Å²) in [5, 5.41) is 6.62. The topological polar surface area (TPSA) is 70.2 Å². The molecule has 0 aromatic heterocycles. The summed E-state index contributed by atoms with van der Waals surface area (Å²) < 4.78 is 27.6. The molecule has 0 amide bonds. The van der Waals surface area contributed by atoms with E-state index in [9.17, 15) is 8.42 Å². The van der Waals surface area contributed by atoms with Crippen LogP contribution in [0.15, 0.2) is 102 Å². The fourth-order valence-electron chi connectivity index (χ4n) is 2.61. The van der Waals surface area contributed by atoms with Crippen molar-refractivity contribution in [3.63, 3.8) is 0 Å². The monoisotopic (exact) mass is 399 g/mol. The molecule has 0 aliphatic heterocycles. The third kappa shape index (κ3) is 5.37. The molecule has 0 heterocycles. The third-order valence-electron chi connectivity index (χ3n) is 3.93. The number of para-hydroxylation sites is 2. The zero-order chi connectivity index (χ0) is 19.8. The Hall–Kier alpha value is -3.25. The van der Waals surface area contributed by atoms with E-state index in [-0.39, 0.29) is 9.18 Å². The fraction of sp³-hybridized carbons (Fsp3) is 0.0909. The molecule has 28 heavy (non-hydrogen) atoms. The van der Waals surface area contributed by atoms with Crippen molar-refractivity contribution in [2.45, 2.75) is 18.2 Å². The normalized spacial score (nSPS) is 11.7. The van der Waals surface area contributed by atoms with Crippen LogP contribution in [0.4, 0.5) is 17.1 Å². The lowest BCUT2D eigenvalue weighted by Gasteiger charge is -2.14. The van der Waals surface area contributed by atoms with Gasteiger partial charge in [-0.2, -0.15) is 0 Å². The second-order valence-electron chi connectivity index (χ2n) is 6.14. The quantitative estimate of drug-likeness (QED) is 0.434. The van der Waals surface area contributed by atoms with E-state index >= 15 is 0 Å². The van der Waals surface area contributed by atoms with E-state index in [0.717, 1.165) is 23.6 Å². The summed E-state index contributed by atoms with van der Waals surface area (Å²) in [6, 6.07) is 25.3. The first-order valence-corrected chi connectivity index (χ1v) is 10.5. The molecule has 5 nitrogen and oxygen atoms in total. The number of hydrogen-bond acceptors (Lipinski definition) is 4. The van der Waals surface area contributed by atoms with Gasteiger partial charge in [-0.3, -0.25) is 4.72 Å². The van der Waals surface area contributed by atoms with E-state index in [1.54, 1.807) is 48.5 Å². The van der Waals surface area contributed by atoms with Gasteiger partial charge in [-0.25, -0.2) is 8.42 Å². The van der Waals surface area contributed by atoms with Crippen LogP contribution in [0.5, 0.6) is 0 Å². The molecule has 0 radical (unpaired) electrons. The van der Waals surface area contributed by atoms with Gasteiger partial charge in [-0.15, -0.1) is 0 Å². The number of benzene rings is 3. The molecule has 6 heteroatoms. The number of anilines is 3. The maximum atomic E-state index is 12.5. The largest absolute Gasteiger partial charge is 0.342 e. The fourth-order valence-corrected chi connectivity index (χ4v) is 3.67. The molecule has 0 fully saturated rings. The predicted molar refractivity (Wildman–Crippen MR) is 122 cm³/mol. The minimum absolute atomic E-state index is 0. The Morgan fingerprint density at radius 1 is 0.786 bits per heavy atom. The lowest BCUT2D eigenvalue weighted by atomic mass is 10.3. The van der Waals surface area contributed by atoms with Crippen LogP contribution >= 0.6 is 0 Å². The molecule has 0 unspecified atom stereocenters. The van der Waals surface area contributed by atoms with Crippen LogP contribution in [0, 0.1) is 0 Å². The van der Waals surface area contributed by atoms with Crippen LogP contribution < -0.4 is 15.4 Å². The molecule has 0 atom stereocenters. The van der Waals surface area contributed by atoms with Gasteiger partial charge in [0, 0.05) is 21.3 Å². The molecule has 0 saturated carbocycles. The van der Waals surface area contributed by atoms with Gasteiger partial charge in [-0.1, -0.05) is 43.3 Å². The zero-order valence-corrected chi connectivity index (χ0v) is 16.4. The van der Waals surface area contributed by atoms with E-state index in [0.29, 0.717) is 5.69 Å². The summed E-state index contributed by atoms with van der Waals surface area (Å²) >= 11 is 0. The van der Waals surface area contributed by atoms with Crippen molar-refractivity contribution >= 4 is 27.1 Å². The standard InChI is InChI=1S/C22H23N3O2S.3H2/c1-2-9-22(23-18-10-5-3-6-11-18)24-19-14-16-21(17-15-19)28(26,27)25-20-12-7-4-8-13-20;;;/h3-17,23-25H,2H2,1H3;3*1H. The highest BCUT2D eigenvalue weighted by atomic mass is 32.2. The first-order chi connectivity index (χ1) is 13.6. The van der Waals surface area contributed by atoms with Crippen molar-refractivity contribution < 1.29 is 12.7 Å². The number of nitrogens with one attached hydrogen (secondary N) is 3. The van der Waals surface area contributed by atoms with Gasteiger partial charge in [0.2, 0.25) is 0 Å². The lowest BCUT2D eigenvalue weighted by molar-refractivity contribution is 0.601. The Morgan fingerprint density at radius 2 is 1.29 bits per heavy atom. The maximum Gasteiger partial charge on any atom is 0.261 e. The Bertz CT molecular complexity index is 1030. The second-order valence-corrected chi connectivity index (χ2v) is 7.82. The molecule has 0 aliphatic rings. The van der Waals surface area contributed by atoms with Gasteiger partial charge >= 0.3 is 0 Å². The van der Waals surface area contributed by atoms with E-state index in [1.165, 1.54) is 0 Å². The SMILES string of the molecule is CCC=C(Nc1ccccc1)Nc1ccc(S(=O)(=O)Nc2ccccc2)cc1.[HH].[HH].[HH]. The average molecular weight is 400 g/mol. The highest BCUT2D eigenvalue weighted by molar-refractivity contribution is 7.92. The molecule has 150 valence electrons. The third-order valence-corrected chi connectivity index (χ3v) is 5.33. The Balaban J connectivity index is 0.00000300. The van der Waals surface area contributed by atoms with E-state index in [2.05, 4.69) is 22.3 Å². The van der Waals surface area contributed by atoms with E-state index in [1.807, 2.05) is 42.5 Å². The van der Waals surface area contributed by atoms with Crippen LogP contribution in [-0.2, 0) is 10.0 Å². The maximum absolute atomic E-state index is 12.5.